The highest BCUT2D eigenvalue weighted by Crippen LogP contribution is 2.22. The van der Waals surface area contributed by atoms with Crippen LogP contribution in [0.1, 0.15) is 18.1 Å². The summed E-state index contributed by atoms with van der Waals surface area (Å²) in [5, 5.41) is 5.89. The van der Waals surface area contributed by atoms with Gasteiger partial charge in [0.15, 0.2) is 0 Å². The summed E-state index contributed by atoms with van der Waals surface area (Å²) in [7, 11) is 1.76. The number of fused-ring (bicyclic) bond motifs is 1. The number of halogens is 1. The van der Waals surface area contributed by atoms with Gasteiger partial charge in [-0.05, 0) is 44.6 Å². The van der Waals surface area contributed by atoms with E-state index in [2.05, 4.69) is 26.2 Å². The zero-order valence-electron chi connectivity index (χ0n) is 14.6. The molecule has 2 heterocycles. The number of likely N-dealkylation sites (N-methyl/N-ethyl adjacent to an activating group) is 1. The highest BCUT2D eigenvalue weighted by molar-refractivity contribution is 9.11. The van der Waals surface area contributed by atoms with Crippen molar-refractivity contribution in [2.45, 2.75) is 25.9 Å². The smallest absolute Gasteiger partial charge is 0.245 e. The number of para-hydroxylation sites is 1. The Labute approximate surface area is 164 Å². The maximum atomic E-state index is 12.9. The topological polar surface area (TPSA) is 65.2 Å². The van der Waals surface area contributed by atoms with Crippen molar-refractivity contribution in [3.63, 3.8) is 0 Å². The van der Waals surface area contributed by atoms with Crippen molar-refractivity contribution < 1.29 is 9.59 Å². The van der Waals surface area contributed by atoms with Gasteiger partial charge in [0.25, 0.3) is 0 Å². The number of H-pyrrole nitrogens is 1. The molecule has 0 radical (unpaired) electrons. The molecule has 0 spiro atoms. The third-order valence-electron chi connectivity index (χ3n) is 4.19. The standard InChI is InChI=1S/C19H20BrN3O2S/c1-12(24)22-17(8-14-9-21-16-6-4-3-5-15(14)16)19(25)23(2)10-13-7-18(20)26-11-13/h3-7,9,11,17,21H,8,10H2,1-2H3,(H,22,24). The second-order valence-corrected chi connectivity index (χ2v) is 8.56. The molecule has 26 heavy (non-hydrogen) atoms. The summed E-state index contributed by atoms with van der Waals surface area (Å²) in [5.74, 6) is -0.317. The van der Waals surface area contributed by atoms with E-state index in [1.807, 2.05) is 41.9 Å². The van der Waals surface area contributed by atoms with Crippen molar-refractivity contribution >= 4 is 50.0 Å². The van der Waals surface area contributed by atoms with Crippen LogP contribution in [0.5, 0.6) is 0 Å². The third-order valence-corrected chi connectivity index (χ3v) is 5.75. The van der Waals surface area contributed by atoms with Crippen molar-refractivity contribution in [1.82, 2.24) is 15.2 Å². The lowest BCUT2D eigenvalue weighted by Crippen LogP contribution is -2.47. The molecule has 2 aromatic heterocycles. The van der Waals surface area contributed by atoms with Crippen LogP contribution in [0.3, 0.4) is 0 Å². The Bertz CT molecular complexity index is 934. The predicted molar refractivity (Wildman–Crippen MR) is 108 cm³/mol. The number of nitrogens with one attached hydrogen (secondary N) is 2. The van der Waals surface area contributed by atoms with Gasteiger partial charge in [-0.1, -0.05) is 18.2 Å². The minimum Gasteiger partial charge on any atom is -0.361 e. The van der Waals surface area contributed by atoms with Gasteiger partial charge in [-0.3, -0.25) is 9.59 Å². The van der Waals surface area contributed by atoms with E-state index in [1.165, 1.54) is 6.92 Å². The molecule has 2 amide bonds. The van der Waals surface area contributed by atoms with Crippen molar-refractivity contribution in [2.24, 2.45) is 0 Å². The number of nitrogens with zero attached hydrogens (tertiary/aromatic N) is 1. The molecule has 0 aliphatic carbocycles. The lowest BCUT2D eigenvalue weighted by molar-refractivity contribution is -0.135. The monoisotopic (exact) mass is 433 g/mol. The second kappa shape index (κ2) is 8.05. The largest absolute Gasteiger partial charge is 0.361 e. The molecule has 7 heteroatoms. The van der Waals surface area contributed by atoms with Crippen LogP contribution in [-0.4, -0.2) is 34.8 Å². The highest BCUT2D eigenvalue weighted by Gasteiger charge is 2.24. The van der Waals surface area contributed by atoms with Crippen LogP contribution in [0.2, 0.25) is 0 Å². The summed E-state index contributed by atoms with van der Waals surface area (Å²) in [4.78, 5) is 29.5. The summed E-state index contributed by atoms with van der Waals surface area (Å²) >= 11 is 5.03. The average molecular weight is 434 g/mol. The molecule has 1 unspecified atom stereocenters. The molecule has 3 rings (SSSR count). The molecule has 0 bridgehead atoms. The summed E-state index contributed by atoms with van der Waals surface area (Å²) in [6.07, 6.45) is 2.35. The summed E-state index contributed by atoms with van der Waals surface area (Å²) < 4.78 is 1.03. The van der Waals surface area contributed by atoms with Crippen molar-refractivity contribution in [3.05, 3.63) is 56.8 Å². The van der Waals surface area contributed by atoms with Gasteiger partial charge in [-0.25, -0.2) is 0 Å². The molecule has 0 aliphatic heterocycles. The van der Waals surface area contributed by atoms with Crippen LogP contribution >= 0.6 is 27.3 Å². The Morgan fingerprint density at radius 2 is 2.12 bits per heavy atom. The Hall–Kier alpha value is -2.12. The molecule has 136 valence electrons. The SMILES string of the molecule is CC(=O)NC(Cc1c[nH]c2ccccc12)C(=O)N(C)Cc1csc(Br)c1. The molecule has 0 saturated carbocycles. The maximum Gasteiger partial charge on any atom is 0.245 e. The number of hydrogen-bond acceptors (Lipinski definition) is 3. The number of amides is 2. The third kappa shape index (κ3) is 4.34. The Kier molecular flexibility index (Phi) is 5.78. The van der Waals surface area contributed by atoms with E-state index in [0.29, 0.717) is 13.0 Å². The van der Waals surface area contributed by atoms with Crippen molar-refractivity contribution in [1.29, 1.82) is 0 Å². The van der Waals surface area contributed by atoms with Gasteiger partial charge >= 0.3 is 0 Å². The lowest BCUT2D eigenvalue weighted by Gasteiger charge is -2.24. The molecule has 0 fully saturated rings. The molecule has 0 saturated heterocycles. The number of hydrogen-bond donors (Lipinski definition) is 2. The van der Waals surface area contributed by atoms with E-state index in [0.717, 1.165) is 25.8 Å². The molecule has 1 aromatic carbocycles. The normalized spacial score (nSPS) is 12.1. The van der Waals surface area contributed by atoms with E-state index in [-0.39, 0.29) is 11.8 Å². The summed E-state index contributed by atoms with van der Waals surface area (Å²) in [5.41, 5.74) is 3.10. The van der Waals surface area contributed by atoms with Crippen LogP contribution in [-0.2, 0) is 22.6 Å². The number of aromatic nitrogens is 1. The van der Waals surface area contributed by atoms with Crippen LogP contribution in [0.4, 0.5) is 0 Å². The zero-order chi connectivity index (χ0) is 18.7. The fourth-order valence-corrected chi connectivity index (χ4v) is 4.21. The first-order chi connectivity index (χ1) is 12.4. The van der Waals surface area contributed by atoms with E-state index >= 15 is 0 Å². The van der Waals surface area contributed by atoms with Gasteiger partial charge in [0, 0.05) is 44.0 Å². The van der Waals surface area contributed by atoms with Gasteiger partial charge in [0.1, 0.15) is 6.04 Å². The molecule has 2 N–H and O–H groups in total. The predicted octanol–water partition coefficient (Wildman–Crippen LogP) is 3.70. The number of thiophene rings is 1. The molecular weight excluding hydrogens is 414 g/mol. The van der Waals surface area contributed by atoms with Crippen molar-refractivity contribution in [2.75, 3.05) is 7.05 Å². The lowest BCUT2D eigenvalue weighted by atomic mass is 10.0. The molecule has 3 aromatic rings. The highest BCUT2D eigenvalue weighted by atomic mass is 79.9. The average Bonchev–Trinajstić information content (AvgIpc) is 3.19. The van der Waals surface area contributed by atoms with Crippen LogP contribution in [0.15, 0.2) is 45.7 Å². The zero-order valence-corrected chi connectivity index (χ0v) is 17.0. The molecule has 5 nitrogen and oxygen atoms in total. The first-order valence-electron chi connectivity index (χ1n) is 8.24. The van der Waals surface area contributed by atoms with E-state index in [9.17, 15) is 9.59 Å². The Morgan fingerprint density at radius 1 is 1.35 bits per heavy atom. The van der Waals surface area contributed by atoms with E-state index in [4.69, 9.17) is 0 Å². The van der Waals surface area contributed by atoms with Gasteiger partial charge in [0.05, 0.1) is 3.79 Å². The summed E-state index contributed by atoms with van der Waals surface area (Å²) in [6.45, 7) is 1.94. The van der Waals surface area contributed by atoms with Gasteiger partial charge in [-0.15, -0.1) is 11.3 Å². The summed E-state index contributed by atoms with van der Waals surface area (Å²) in [6, 6.07) is 9.35. The Balaban J connectivity index is 1.78. The van der Waals surface area contributed by atoms with Gasteiger partial charge in [0.2, 0.25) is 11.8 Å². The van der Waals surface area contributed by atoms with Crippen LogP contribution in [0, 0.1) is 0 Å². The number of rotatable bonds is 6. The fraction of sp³-hybridized carbons (Fsp3) is 0.263. The first kappa shape index (κ1) is 18.7. The van der Waals surface area contributed by atoms with Crippen LogP contribution < -0.4 is 5.32 Å². The maximum absolute atomic E-state index is 12.9. The molecule has 1 atom stereocenters. The minimum atomic E-state index is -0.598. The molecular formula is C19H20BrN3O2S. The van der Waals surface area contributed by atoms with Gasteiger partial charge < -0.3 is 15.2 Å². The quantitative estimate of drug-likeness (QED) is 0.622. The first-order valence-corrected chi connectivity index (χ1v) is 9.91. The fourth-order valence-electron chi connectivity index (χ4n) is 3.01. The Morgan fingerprint density at radius 3 is 2.81 bits per heavy atom. The number of carbonyl (C=O) groups excluding carboxylic acids is 2. The second-order valence-electron chi connectivity index (χ2n) is 6.27. The number of benzene rings is 1. The van der Waals surface area contributed by atoms with Crippen molar-refractivity contribution in [3.8, 4) is 0 Å². The van der Waals surface area contributed by atoms with E-state index < -0.39 is 6.04 Å². The number of carbonyl (C=O) groups is 2. The van der Waals surface area contributed by atoms with E-state index in [1.54, 1.807) is 23.3 Å². The number of aromatic amines is 1. The van der Waals surface area contributed by atoms with Gasteiger partial charge in [-0.2, -0.15) is 0 Å². The van der Waals surface area contributed by atoms with Crippen LogP contribution in [0.25, 0.3) is 10.9 Å². The molecule has 0 aliphatic rings. The minimum absolute atomic E-state index is 0.104.